The fourth-order valence-corrected chi connectivity index (χ4v) is 3.01. The summed E-state index contributed by atoms with van der Waals surface area (Å²) in [6.45, 7) is 3.81. The summed E-state index contributed by atoms with van der Waals surface area (Å²) in [5.74, 6) is 1.44. The number of piperazine rings is 1. The van der Waals surface area contributed by atoms with Gasteiger partial charge in [-0.3, -0.25) is 9.80 Å². The number of aliphatic hydroxyl groups excluding tert-OH is 1. The molecule has 3 rings (SSSR count). The highest BCUT2D eigenvalue weighted by Crippen LogP contribution is 2.26. The Balaban J connectivity index is 1.69. The maximum atomic E-state index is 9.45. The SMILES string of the molecule is COc1ccccc1-c1ncc(CN2CCN(C)C(CO)C2)cn1. The lowest BCUT2D eigenvalue weighted by Crippen LogP contribution is -2.52. The van der Waals surface area contributed by atoms with E-state index in [1.54, 1.807) is 7.11 Å². The number of aliphatic hydroxyl groups is 1. The smallest absolute Gasteiger partial charge is 0.162 e. The van der Waals surface area contributed by atoms with Gasteiger partial charge < -0.3 is 9.84 Å². The van der Waals surface area contributed by atoms with E-state index in [-0.39, 0.29) is 12.6 Å². The molecular weight excluding hydrogens is 304 g/mol. The molecule has 0 spiro atoms. The molecule has 1 aliphatic heterocycles. The average molecular weight is 328 g/mol. The third kappa shape index (κ3) is 3.72. The van der Waals surface area contributed by atoms with E-state index in [1.165, 1.54) is 0 Å². The molecule has 24 heavy (non-hydrogen) atoms. The van der Waals surface area contributed by atoms with Crippen LogP contribution in [0.25, 0.3) is 11.4 Å². The van der Waals surface area contributed by atoms with E-state index < -0.39 is 0 Å². The van der Waals surface area contributed by atoms with Gasteiger partial charge in [-0.2, -0.15) is 0 Å². The normalized spacial score (nSPS) is 19.4. The van der Waals surface area contributed by atoms with Crippen LogP contribution in [0.1, 0.15) is 5.56 Å². The van der Waals surface area contributed by atoms with Crippen molar-refractivity contribution in [2.24, 2.45) is 0 Å². The Bertz CT molecular complexity index is 662. The number of ether oxygens (including phenoxy) is 1. The van der Waals surface area contributed by atoms with Crippen LogP contribution in [0.15, 0.2) is 36.7 Å². The molecule has 0 saturated carbocycles. The number of hydrogen-bond acceptors (Lipinski definition) is 6. The molecule has 1 atom stereocenters. The minimum atomic E-state index is 0.191. The number of aromatic nitrogens is 2. The van der Waals surface area contributed by atoms with Crippen LogP contribution in [0.2, 0.25) is 0 Å². The van der Waals surface area contributed by atoms with E-state index in [1.807, 2.05) is 36.7 Å². The number of rotatable bonds is 5. The molecule has 0 bridgehead atoms. The van der Waals surface area contributed by atoms with E-state index in [0.29, 0.717) is 5.82 Å². The van der Waals surface area contributed by atoms with Gasteiger partial charge in [0.2, 0.25) is 0 Å². The van der Waals surface area contributed by atoms with Crippen molar-refractivity contribution in [1.82, 2.24) is 19.8 Å². The molecule has 6 nitrogen and oxygen atoms in total. The van der Waals surface area contributed by atoms with Crippen LogP contribution in [-0.4, -0.2) is 71.3 Å². The van der Waals surface area contributed by atoms with Crippen molar-refractivity contribution in [2.75, 3.05) is 40.4 Å². The van der Waals surface area contributed by atoms with Crippen LogP contribution < -0.4 is 4.74 Å². The van der Waals surface area contributed by atoms with Gasteiger partial charge in [-0.15, -0.1) is 0 Å². The highest BCUT2D eigenvalue weighted by atomic mass is 16.5. The molecule has 1 saturated heterocycles. The Labute approximate surface area is 142 Å². The molecule has 1 aromatic heterocycles. The monoisotopic (exact) mass is 328 g/mol. The minimum absolute atomic E-state index is 0.191. The van der Waals surface area contributed by atoms with Gasteiger partial charge in [0.25, 0.3) is 0 Å². The molecule has 6 heteroatoms. The third-order valence-corrected chi connectivity index (χ3v) is 4.53. The second-order valence-corrected chi connectivity index (χ2v) is 6.17. The van der Waals surface area contributed by atoms with Gasteiger partial charge in [-0.25, -0.2) is 9.97 Å². The van der Waals surface area contributed by atoms with Crippen LogP contribution in [0.4, 0.5) is 0 Å². The lowest BCUT2D eigenvalue weighted by atomic mass is 10.1. The predicted octanol–water partition coefficient (Wildman–Crippen LogP) is 1.26. The fourth-order valence-electron chi connectivity index (χ4n) is 3.01. The van der Waals surface area contributed by atoms with E-state index in [2.05, 4.69) is 26.8 Å². The summed E-state index contributed by atoms with van der Waals surface area (Å²) in [4.78, 5) is 13.5. The van der Waals surface area contributed by atoms with E-state index >= 15 is 0 Å². The molecule has 1 aliphatic rings. The van der Waals surface area contributed by atoms with Crippen molar-refractivity contribution in [2.45, 2.75) is 12.6 Å². The minimum Gasteiger partial charge on any atom is -0.496 e. The predicted molar refractivity (Wildman–Crippen MR) is 92.8 cm³/mol. The Hall–Kier alpha value is -2.02. The van der Waals surface area contributed by atoms with Crippen LogP contribution >= 0.6 is 0 Å². The van der Waals surface area contributed by atoms with Gasteiger partial charge in [0, 0.05) is 50.2 Å². The van der Waals surface area contributed by atoms with E-state index in [9.17, 15) is 5.11 Å². The Kier molecular flexibility index (Phi) is 5.40. The molecule has 2 heterocycles. The number of likely N-dealkylation sites (N-methyl/N-ethyl adjacent to an activating group) is 1. The molecular formula is C18H24N4O2. The summed E-state index contributed by atoms with van der Waals surface area (Å²) >= 11 is 0. The van der Waals surface area contributed by atoms with Crippen LogP contribution in [0.3, 0.4) is 0 Å². The summed E-state index contributed by atoms with van der Waals surface area (Å²) in [6, 6.07) is 7.95. The topological polar surface area (TPSA) is 61.7 Å². The Morgan fingerprint density at radius 3 is 2.67 bits per heavy atom. The third-order valence-electron chi connectivity index (χ3n) is 4.53. The van der Waals surface area contributed by atoms with Gasteiger partial charge in [-0.05, 0) is 19.2 Å². The molecule has 1 fully saturated rings. The molecule has 0 amide bonds. The van der Waals surface area contributed by atoms with Crippen molar-refractivity contribution in [3.63, 3.8) is 0 Å². The number of nitrogens with zero attached hydrogens (tertiary/aromatic N) is 4. The highest BCUT2D eigenvalue weighted by molar-refractivity contribution is 5.63. The zero-order valence-electron chi connectivity index (χ0n) is 14.2. The standard InChI is InChI=1S/C18H24N4O2/c1-21-7-8-22(12-15(21)13-23)11-14-9-19-18(20-10-14)16-5-3-4-6-17(16)24-2/h3-6,9-10,15,23H,7-8,11-13H2,1-2H3. The maximum Gasteiger partial charge on any atom is 0.162 e. The zero-order valence-corrected chi connectivity index (χ0v) is 14.2. The molecule has 1 aromatic carbocycles. The first-order valence-corrected chi connectivity index (χ1v) is 8.19. The number of benzene rings is 1. The highest BCUT2D eigenvalue weighted by Gasteiger charge is 2.23. The summed E-state index contributed by atoms with van der Waals surface area (Å²) in [5.41, 5.74) is 1.97. The second-order valence-electron chi connectivity index (χ2n) is 6.17. The average Bonchev–Trinajstić information content (AvgIpc) is 2.64. The first-order chi connectivity index (χ1) is 11.7. The number of para-hydroxylation sites is 1. The molecule has 0 radical (unpaired) electrons. The molecule has 1 N–H and O–H groups in total. The molecule has 1 unspecified atom stereocenters. The van der Waals surface area contributed by atoms with Gasteiger partial charge in [-0.1, -0.05) is 12.1 Å². The number of hydrogen-bond donors (Lipinski definition) is 1. The summed E-state index contributed by atoms with van der Waals surface area (Å²) < 4.78 is 5.37. The van der Waals surface area contributed by atoms with Gasteiger partial charge in [0.15, 0.2) is 5.82 Å². The number of methoxy groups -OCH3 is 1. The lowest BCUT2D eigenvalue weighted by Gasteiger charge is -2.38. The summed E-state index contributed by atoms with van der Waals surface area (Å²) in [5, 5.41) is 9.45. The van der Waals surface area contributed by atoms with Gasteiger partial charge in [0.1, 0.15) is 5.75 Å². The van der Waals surface area contributed by atoms with Crippen LogP contribution in [0.5, 0.6) is 5.75 Å². The molecule has 128 valence electrons. The Morgan fingerprint density at radius 2 is 1.96 bits per heavy atom. The molecule has 2 aromatic rings. The second kappa shape index (κ2) is 7.70. The quantitative estimate of drug-likeness (QED) is 0.892. The fraction of sp³-hybridized carbons (Fsp3) is 0.444. The maximum absolute atomic E-state index is 9.45. The van der Waals surface area contributed by atoms with Crippen molar-refractivity contribution >= 4 is 0 Å². The van der Waals surface area contributed by atoms with Crippen LogP contribution in [0, 0.1) is 0 Å². The van der Waals surface area contributed by atoms with Crippen molar-refractivity contribution in [1.29, 1.82) is 0 Å². The zero-order chi connectivity index (χ0) is 16.9. The van der Waals surface area contributed by atoms with Crippen molar-refractivity contribution in [3.8, 4) is 17.1 Å². The summed E-state index contributed by atoms with van der Waals surface area (Å²) in [6.07, 6.45) is 3.75. The van der Waals surface area contributed by atoms with Crippen molar-refractivity contribution in [3.05, 3.63) is 42.2 Å². The molecule has 0 aliphatic carbocycles. The first kappa shape index (κ1) is 16.8. The van der Waals surface area contributed by atoms with Crippen molar-refractivity contribution < 1.29 is 9.84 Å². The first-order valence-electron chi connectivity index (χ1n) is 8.19. The largest absolute Gasteiger partial charge is 0.496 e. The van der Waals surface area contributed by atoms with E-state index in [0.717, 1.165) is 43.1 Å². The Morgan fingerprint density at radius 1 is 1.21 bits per heavy atom. The van der Waals surface area contributed by atoms with Gasteiger partial charge in [0.05, 0.1) is 19.3 Å². The van der Waals surface area contributed by atoms with E-state index in [4.69, 9.17) is 4.74 Å². The van der Waals surface area contributed by atoms with Gasteiger partial charge >= 0.3 is 0 Å². The lowest BCUT2D eigenvalue weighted by molar-refractivity contribution is 0.0539. The van der Waals surface area contributed by atoms with Crippen LogP contribution in [-0.2, 0) is 6.54 Å². The summed E-state index contributed by atoms with van der Waals surface area (Å²) in [7, 11) is 3.71.